The molecule has 6 heteroatoms. The van der Waals surface area contributed by atoms with Gasteiger partial charge in [0.15, 0.2) is 0 Å². The number of nitrogens with one attached hydrogen (secondary N) is 1. The molecule has 0 unspecified atom stereocenters. The van der Waals surface area contributed by atoms with Crippen molar-refractivity contribution in [2.24, 2.45) is 0 Å². The molecule has 6 nitrogen and oxygen atoms in total. The number of aryl methyl sites for hydroxylation is 1. The van der Waals surface area contributed by atoms with E-state index >= 15 is 0 Å². The lowest BCUT2D eigenvalue weighted by Gasteiger charge is -2.06. The largest absolute Gasteiger partial charge is 0.456 e. The molecule has 4 rings (SSSR count). The number of hydrogen-bond acceptors (Lipinski definition) is 4. The number of furan rings is 1. The van der Waals surface area contributed by atoms with Crippen LogP contribution in [0.25, 0.3) is 21.9 Å². The molecule has 3 aromatic carbocycles. The molecule has 0 saturated carbocycles. The van der Waals surface area contributed by atoms with E-state index in [9.17, 15) is 14.9 Å². The molecule has 0 radical (unpaired) electrons. The van der Waals surface area contributed by atoms with Crippen molar-refractivity contribution in [1.82, 2.24) is 0 Å². The lowest BCUT2D eigenvalue weighted by atomic mass is 10.1. The molecule has 1 aromatic heterocycles. The summed E-state index contributed by atoms with van der Waals surface area (Å²) in [6.07, 6.45) is 0. The van der Waals surface area contributed by atoms with E-state index in [2.05, 4.69) is 5.32 Å². The number of nitro groups is 1. The summed E-state index contributed by atoms with van der Waals surface area (Å²) in [7, 11) is 0. The highest BCUT2D eigenvalue weighted by Crippen LogP contribution is 2.30. The van der Waals surface area contributed by atoms with E-state index in [4.69, 9.17) is 4.42 Å². The van der Waals surface area contributed by atoms with Crippen molar-refractivity contribution in [3.8, 4) is 0 Å². The molecule has 1 N–H and O–H groups in total. The average molecular weight is 346 g/mol. The second kappa shape index (κ2) is 6.00. The Morgan fingerprint density at radius 1 is 1.00 bits per heavy atom. The van der Waals surface area contributed by atoms with Crippen LogP contribution >= 0.6 is 0 Å². The minimum Gasteiger partial charge on any atom is -0.456 e. The van der Waals surface area contributed by atoms with Crippen molar-refractivity contribution >= 4 is 39.2 Å². The molecule has 128 valence electrons. The summed E-state index contributed by atoms with van der Waals surface area (Å²) in [6, 6.07) is 17.5. The Labute approximate surface area is 148 Å². The van der Waals surface area contributed by atoms with Crippen molar-refractivity contribution in [2.75, 3.05) is 5.32 Å². The Morgan fingerprint density at radius 3 is 2.58 bits per heavy atom. The van der Waals surface area contributed by atoms with Gasteiger partial charge < -0.3 is 9.73 Å². The van der Waals surface area contributed by atoms with Crippen LogP contribution in [-0.4, -0.2) is 10.8 Å². The monoisotopic (exact) mass is 346 g/mol. The van der Waals surface area contributed by atoms with Gasteiger partial charge in [-0.05, 0) is 31.2 Å². The summed E-state index contributed by atoms with van der Waals surface area (Å²) in [5, 5.41) is 15.8. The number of carbonyl (C=O) groups is 1. The van der Waals surface area contributed by atoms with Crippen LogP contribution in [0.3, 0.4) is 0 Å². The minimum atomic E-state index is -0.493. The molecular weight excluding hydrogens is 332 g/mol. The second-order valence-electron chi connectivity index (χ2n) is 6.02. The van der Waals surface area contributed by atoms with Crippen molar-refractivity contribution < 1.29 is 14.1 Å². The highest BCUT2D eigenvalue weighted by molar-refractivity contribution is 6.08. The first kappa shape index (κ1) is 15.8. The smallest absolute Gasteiger partial charge is 0.273 e. The number of anilines is 1. The van der Waals surface area contributed by atoms with Gasteiger partial charge >= 0.3 is 0 Å². The maximum atomic E-state index is 12.4. The third kappa shape index (κ3) is 2.67. The summed E-state index contributed by atoms with van der Waals surface area (Å²) >= 11 is 0. The van der Waals surface area contributed by atoms with Gasteiger partial charge in [-0.1, -0.05) is 24.3 Å². The third-order valence-electron chi connectivity index (χ3n) is 4.30. The summed E-state index contributed by atoms with van der Waals surface area (Å²) in [6.45, 7) is 1.63. The van der Waals surface area contributed by atoms with E-state index in [1.807, 2.05) is 30.3 Å². The first-order valence-electron chi connectivity index (χ1n) is 8.00. The fraction of sp³-hybridized carbons (Fsp3) is 0.0500. The lowest BCUT2D eigenvalue weighted by Crippen LogP contribution is -2.12. The number of para-hydroxylation sites is 1. The molecule has 0 bridgehead atoms. The van der Waals surface area contributed by atoms with E-state index in [-0.39, 0.29) is 11.3 Å². The Kier molecular flexibility index (Phi) is 3.65. The van der Waals surface area contributed by atoms with Gasteiger partial charge in [0.25, 0.3) is 11.6 Å². The van der Waals surface area contributed by atoms with E-state index in [0.717, 1.165) is 16.4 Å². The van der Waals surface area contributed by atoms with Crippen molar-refractivity contribution in [2.45, 2.75) is 6.92 Å². The average Bonchev–Trinajstić information content (AvgIpc) is 2.99. The normalized spacial score (nSPS) is 11.0. The highest BCUT2D eigenvalue weighted by Gasteiger charge is 2.15. The van der Waals surface area contributed by atoms with E-state index in [0.29, 0.717) is 16.8 Å². The van der Waals surface area contributed by atoms with Gasteiger partial charge in [-0.15, -0.1) is 0 Å². The molecule has 1 amide bonds. The molecule has 0 spiro atoms. The van der Waals surface area contributed by atoms with Gasteiger partial charge in [-0.25, -0.2) is 0 Å². The number of nitro benzene ring substituents is 1. The van der Waals surface area contributed by atoms with Gasteiger partial charge in [-0.3, -0.25) is 14.9 Å². The van der Waals surface area contributed by atoms with Gasteiger partial charge in [0.1, 0.15) is 11.2 Å². The minimum absolute atomic E-state index is 0.0783. The summed E-state index contributed by atoms with van der Waals surface area (Å²) < 4.78 is 5.81. The first-order chi connectivity index (χ1) is 12.5. The molecule has 4 aromatic rings. The van der Waals surface area contributed by atoms with Gasteiger partial charge in [-0.2, -0.15) is 0 Å². The van der Waals surface area contributed by atoms with Crippen molar-refractivity contribution in [3.63, 3.8) is 0 Å². The van der Waals surface area contributed by atoms with Gasteiger partial charge in [0.2, 0.25) is 0 Å². The molecule has 0 fully saturated rings. The third-order valence-corrected chi connectivity index (χ3v) is 4.30. The quantitative estimate of drug-likeness (QED) is 0.415. The standard InChI is InChI=1S/C20H14N2O4/c1-12-6-7-13(10-17(12)22(24)25)20(23)21-14-8-9-16-15-4-2-3-5-18(15)26-19(16)11-14/h2-11H,1H3,(H,21,23). The van der Waals surface area contributed by atoms with Gasteiger partial charge in [0, 0.05) is 39.7 Å². The Balaban J connectivity index is 1.66. The van der Waals surface area contributed by atoms with Crippen LogP contribution in [-0.2, 0) is 0 Å². The fourth-order valence-electron chi connectivity index (χ4n) is 2.95. The number of hydrogen-bond donors (Lipinski definition) is 1. The van der Waals surface area contributed by atoms with Crippen LogP contribution in [0.5, 0.6) is 0 Å². The van der Waals surface area contributed by atoms with E-state index in [1.54, 1.807) is 31.2 Å². The van der Waals surface area contributed by atoms with Crippen LogP contribution in [0.4, 0.5) is 11.4 Å². The second-order valence-corrected chi connectivity index (χ2v) is 6.02. The molecule has 26 heavy (non-hydrogen) atoms. The van der Waals surface area contributed by atoms with Crippen molar-refractivity contribution in [1.29, 1.82) is 0 Å². The lowest BCUT2D eigenvalue weighted by molar-refractivity contribution is -0.385. The predicted octanol–water partition coefficient (Wildman–Crippen LogP) is 5.05. The highest BCUT2D eigenvalue weighted by atomic mass is 16.6. The zero-order chi connectivity index (χ0) is 18.3. The molecule has 0 aliphatic heterocycles. The summed E-state index contributed by atoms with van der Waals surface area (Å²) in [5.41, 5.74) is 2.66. The molecule has 0 aliphatic carbocycles. The number of amides is 1. The predicted molar refractivity (Wildman–Crippen MR) is 99.5 cm³/mol. The maximum absolute atomic E-state index is 12.4. The van der Waals surface area contributed by atoms with Crippen LogP contribution in [0.15, 0.2) is 65.1 Å². The SMILES string of the molecule is Cc1ccc(C(=O)Nc2ccc3c(c2)oc2ccccc23)cc1[N+](=O)[O-]. The zero-order valence-corrected chi connectivity index (χ0v) is 13.9. The van der Waals surface area contributed by atoms with Crippen LogP contribution < -0.4 is 5.32 Å². The number of fused-ring (bicyclic) bond motifs is 3. The number of carbonyl (C=O) groups excluding carboxylic acids is 1. The fourth-order valence-corrected chi connectivity index (χ4v) is 2.95. The summed E-state index contributed by atoms with van der Waals surface area (Å²) in [5.74, 6) is -0.413. The molecule has 1 heterocycles. The van der Waals surface area contributed by atoms with Crippen LogP contribution in [0.1, 0.15) is 15.9 Å². The maximum Gasteiger partial charge on any atom is 0.273 e. The Morgan fingerprint density at radius 2 is 1.77 bits per heavy atom. The zero-order valence-electron chi connectivity index (χ0n) is 13.9. The molecular formula is C20H14N2O4. The van der Waals surface area contributed by atoms with Crippen LogP contribution in [0.2, 0.25) is 0 Å². The molecule has 0 saturated heterocycles. The number of benzene rings is 3. The van der Waals surface area contributed by atoms with E-state index < -0.39 is 10.8 Å². The topological polar surface area (TPSA) is 85.4 Å². The van der Waals surface area contributed by atoms with Crippen LogP contribution in [0, 0.1) is 17.0 Å². The Hall–Kier alpha value is -3.67. The molecule has 0 aliphatic rings. The van der Waals surface area contributed by atoms with Crippen molar-refractivity contribution in [3.05, 3.63) is 81.9 Å². The first-order valence-corrected chi connectivity index (χ1v) is 8.00. The number of rotatable bonds is 3. The summed E-state index contributed by atoms with van der Waals surface area (Å²) in [4.78, 5) is 23.0. The number of nitrogens with zero attached hydrogens (tertiary/aromatic N) is 1. The molecule has 0 atom stereocenters. The van der Waals surface area contributed by atoms with E-state index in [1.165, 1.54) is 6.07 Å². The van der Waals surface area contributed by atoms with Gasteiger partial charge in [0.05, 0.1) is 4.92 Å². The Bertz CT molecular complexity index is 1180.